The quantitative estimate of drug-likeness (QED) is 0.795. The number of rotatable bonds is 6. The summed E-state index contributed by atoms with van der Waals surface area (Å²) in [7, 11) is 0. The highest BCUT2D eigenvalue weighted by atomic mass is 16.5. The van der Waals surface area contributed by atoms with E-state index in [0.29, 0.717) is 25.5 Å². The van der Waals surface area contributed by atoms with Crippen molar-refractivity contribution in [2.45, 2.75) is 26.3 Å². The highest BCUT2D eigenvalue weighted by molar-refractivity contribution is 5.78. The molecule has 104 valence electrons. The minimum absolute atomic E-state index is 0.278. The molecule has 1 atom stereocenters. The first-order chi connectivity index (χ1) is 9.19. The number of carbonyl (C=O) groups excluding carboxylic acids is 1. The van der Waals surface area contributed by atoms with Crippen LogP contribution >= 0.6 is 0 Å². The predicted octanol–water partition coefficient (Wildman–Crippen LogP) is 1.78. The summed E-state index contributed by atoms with van der Waals surface area (Å²) in [5.74, 6) is 1.63. The minimum atomic E-state index is 0.278. The number of benzene rings is 1. The smallest absolute Gasteiger partial charge is 0.222 e. The van der Waals surface area contributed by atoms with Crippen molar-refractivity contribution in [3.8, 4) is 5.75 Å². The van der Waals surface area contributed by atoms with Crippen molar-refractivity contribution in [2.24, 2.45) is 11.7 Å². The van der Waals surface area contributed by atoms with E-state index in [-0.39, 0.29) is 5.91 Å². The Morgan fingerprint density at radius 3 is 2.68 bits per heavy atom. The monoisotopic (exact) mass is 262 g/mol. The molecule has 0 spiro atoms. The Labute approximate surface area is 114 Å². The second-order valence-electron chi connectivity index (χ2n) is 5.20. The summed E-state index contributed by atoms with van der Waals surface area (Å²) in [6.07, 6.45) is 1.57. The molecule has 1 fully saturated rings. The summed E-state index contributed by atoms with van der Waals surface area (Å²) in [6.45, 7) is 5.00. The van der Waals surface area contributed by atoms with Gasteiger partial charge in [-0.05, 0) is 30.0 Å². The lowest BCUT2D eigenvalue weighted by Gasteiger charge is -2.16. The fourth-order valence-electron chi connectivity index (χ4n) is 2.35. The maximum atomic E-state index is 11.6. The van der Waals surface area contributed by atoms with E-state index in [4.69, 9.17) is 10.5 Å². The molecule has 2 rings (SSSR count). The third-order valence-electron chi connectivity index (χ3n) is 3.41. The molecule has 1 aromatic rings. The number of likely N-dealkylation sites (tertiary alicyclic amines) is 1. The van der Waals surface area contributed by atoms with Gasteiger partial charge in [-0.2, -0.15) is 0 Å². The summed E-state index contributed by atoms with van der Waals surface area (Å²) in [5.41, 5.74) is 6.64. The molecular weight excluding hydrogens is 240 g/mol. The second kappa shape index (κ2) is 6.57. The van der Waals surface area contributed by atoms with Gasteiger partial charge in [-0.3, -0.25) is 4.79 Å². The Morgan fingerprint density at radius 1 is 1.37 bits per heavy atom. The first-order valence-corrected chi connectivity index (χ1v) is 6.88. The highest BCUT2D eigenvalue weighted by Gasteiger charge is 2.25. The maximum Gasteiger partial charge on any atom is 0.222 e. The normalized spacial score (nSPS) is 18.9. The van der Waals surface area contributed by atoms with E-state index in [1.54, 1.807) is 0 Å². The van der Waals surface area contributed by atoms with Gasteiger partial charge in [0, 0.05) is 26.1 Å². The van der Waals surface area contributed by atoms with Gasteiger partial charge in [-0.15, -0.1) is 0 Å². The fraction of sp³-hybridized carbons (Fsp3) is 0.533. The minimum Gasteiger partial charge on any atom is -0.494 e. The Hall–Kier alpha value is -1.55. The molecule has 0 bridgehead atoms. The number of nitrogens with zero attached hydrogens (tertiary/aromatic N) is 1. The van der Waals surface area contributed by atoms with Crippen molar-refractivity contribution in [1.82, 2.24) is 4.90 Å². The molecule has 1 aliphatic rings. The maximum absolute atomic E-state index is 11.6. The van der Waals surface area contributed by atoms with E-state index < -0.39 is 0 Å². The summed E-state index contributed by atoms with van der Waals surface area (Å²) in [4.78, 5) is 13.5. The number of carbonyl (C=O) groups is 1. The van der Waals surface area contributed by atoms with Crippen molar-refractivity contribution in [3.05, 3.63) is 29.8 Å². The van der Waals surface area contributed by atoms with Gasteiger partial charge in [-0.1, -0.05) is 19.1 Å². The zero-order chi connectivity index (χ0) is 13.7. The van der Waals surface area contributed by atoms with Crippen molar-refractivity contribution in [1.29, 1.82) is 0 Å². The van der Waals surface area contributed by atoms with Crippen LogP contribution in [0.15, 0.2) is 24.3 Å². The van der Waals surface area contributed by atoms with E-state index in [0.717, 1.165) is 30.8 Å². The van der Waals surface area contributed by atoms with Crippen molar-refractivity contribution in [3.63, 3.8) is 0 Å². The molecule has 0 saturated carbocycles. The summed E-state index contributed by atoms with van der Waals surface area (Å²) < 4.78 is 5.65. The molecule has 1 heterocycles. The van der Waals surface area contributed by atoms with E-state index in [1.165, 1.54) is 0 Å². The topological polar surface area (TPSA) is 55.6 Å². The highest BCUT2D eigenvalue weighted by Crippen LogP contribution is 2.17. The Kier molecular flexibility index (Phi) is 4.80. The molecule has 0 aliphatic carbocycles. The van der Waals surface area contributed by atoms with Crippen LogP contribution in [0.5, 0.6) is 5.75 Å². The molecule has 1 aromatic carbocycles. The fourth-order valence-corrected chi connectivity index (χ4v) is 2.35. The van der Waals surface area contributed by atoms with E-state index >= 15 is 0 Å². The van der Waals surface area contributed by atoms with E-state index in [2.05, 4.69) is 6.92 Å². The van der Waals surface area contributed by atoms with Gasteiger partial charge >= 0.3 is 0 Å². The molecule has 0 radical (unpaired) electrons. The predicted molar refractivity (Wildman–Crippen MR) is 74.8 cm³/mol. The van der Waals surface area contributed by atoms with Crippen LogP contribution in [0.25, 0.3) is 0 Å². The van der Waals surface area contributed by atoms with Gasteiger partial charge in [-0.25, -0.2) is 0 Å². The number of ether oxygens (including phenoxy) is 1. The molecule has 1 aliphatic heterocycles. The van der Waals surface area contributed by atoms with Crippen LogP contribution in [0.4, 0.5) is 0 Å². The molecule has 2 N–H and O–H groups in total. The van der Waals surface area contributed by atoms with Crippen LogP contribution < -0.4 is 10.5 Å². The zero-order valence-electron chi connectivity index (χ0n) is 11.5. The van der Waals surface area contributed by atoms with Gasteiger partial charge in [0.15, 0.2) is 0 Å². The molecule has 1 saturated heterocycles. The standard InChI is InChI=1S/C15H22N2O2/c1-12-9-15(18)17(11-12)7-2-8-19-14-5-3-13(10-16)4-6-14/h3-6,12H,2,7-11,16H2,1H3. The molecular formula is C15H22N2O2. The number of amides is 1. The average molecular weight is 262 g/mol. The largest absolute Gasteiger partial charge is 0.494 e. The molecule has 0 aromatic heterocycles. The van der Waals surface area contributed by atoms with E-state index in [9.17, 15) is 4.79 Å². The van der Waals surface area contributed by atoms with Crippen LogP contribution in [0.1, 0.15) is 25.3 Å². The van der Waals surface area contributed by atoms with Crippen molar-refractivity contribution >= 4 is 5.91 Å². The lowest BCUT2D eigenvalue weighted by atomic mass is 10.2. The summed E-state index contributed by atoms with van der Waals surface area (Å²) in [5, 5.41) is 0. The molecule has 19 heavy (non-hydrogen) atoms. The van der Waals surface area contributed by atoms with Gasteiger partial charge in [0.25, 0.3) is 0 Å². The van der Waals surface area contributed by atoms with Crippen LogP contribution in [0, 0.1) is 5.92 Å². The van der Waals surface area contributed by atoms with Crippen molar-refractivity contribution < 1.29 is 9.53 Å². The van der Waals surface area contributed by atoms with Crippen LogP contribution in [0.2, 0.25) is 0 Å². The van der Waals surface area contributed by atoms with Crippen LogP contribution in [-0.4, -0.2) is 30.5 Å². The number of hydrogen-bond acceptors (Lipinski definition) is 3. The van der Waals surface area contributed by atoms with Gasteiger partial charge in [0.1, 0.15) is 5.75 Å². The lowest BCUT2D eigenvalue weighted by Crippen LogP contribution is -2.27. The number of nitrogens with two attached hydrogens (primary N) is 1. The second-order valence-corrected chi connectivity index (χ2v) is 5.20. The SMILES string of the molecule is CC1CC(=O)N(CCCOc2ccc(CN)cc2)C1. The molecule has 4 nitrogen and oxygen atoms in total. The van der Waals surface area contributed by atoms with E-state index in [1.807, 2.05) is 29.2 Å². The molecule has 1 amide bonds. The summed E-state index contributed by atoms with van der Waals surface area (Å²) in [6, 6.07) is 7.82. The van der Waals surface area contributed by atoms with Gasteiger partial charge in [0.2, 0.25) is 5.91 Å². The van der Waals surface area contributed by atoms with Gasteiger partial charge < -0.3 is 15.4 Å². The first kappa shape index (κ1) is 13.9. The van der Waals surface area contributed by atoms with Crippen LogP contribution in [-0.2, 0) is 11.3 Å². The Bertz CT molecular complexity index is 417. The Morgan fingerprint density at radius 2 is 2.11 bits per heavy atom. The zero-order valence-corrected chi connectivity index (χ0v) is 11.5. The Balaban J connectivity index is 1.67. The lowest BCUT2D eigenvalue weighted by molar-refractivity contribution is -0.127. The summed E-state index contributed by atoms with van der Waals surface area (Å²) >= 11 is 0. The van der Waals surface area contributed by atoms with Crippen LogP contribution in [0.3, 0.4) is 0 Å². The average Bonchev–Trinajstić information content (AvgIpc) is 2.74. The molecule has 1 unspecified atom stereocenters. The first-order valence-electron chi connectivity index (χ1n) is 6.88. The van der Waals surface area contributed by atoms with Gasteiger partial charge in [0.05, 0.1) is 6.61 Å². The van der Waals surface area contributed by atoms with Crippen molar-refractivity contribution in [2.75, 3.05) is 19.7 Å². The number of hydrogen-bond donors (Lipinski definition) is 1. The third-order valence-corrected chi connectivity index (χ3v) is 3.41. The third kappa shape index (κ3) is 3.96. The molecule has 4 heteroatoms.